The molecule has 0 aromatic rings. The van der Waals surface area contributed by atoms with Crippen LogP contribution in [0.5, 0.6) is 0 Å². The predicted molar refractivity (Wildman–Crippen MR) is 186 cm³/mol. The van der Waals surface area contributed by atoms with Crippen molar-refractivity contribution in [1.29, 1.82) is 0 Å². The van der Waals surface area contributed by atoms with Crippen LogP contribution in [-0.4, -0.2) is 68.1 Å². The van der Waals surface area contributed by atoms with Gasteiger partial charge in [0.05, 0.1) is 0 Å². The van der Waals surface area contributed by atoms with E-state index in [1.807, 2.05) is 27.7 Å². The molecule has 0 aromatic heterocycles. The third-order valence-electron chi connectivity index (χ3n) is 17.8. The van der Waals surface area contributed by atoms with Crippen LogP contribution >= 0.6 is 0 Å². The molecule has 0 aliphatic heterocycles. The third-order valence-corrected chi connectivity index (χ3v) is 19.4. The fourth-order valence-corrected chi connectivity index (χ4v) is 16.3. The molecular formula is C42H56F2IO8-. The van der Waals surface area contributed by atoms with Gasteiger partial charge in [-0.2, -0.15) is 0 Å². The number of carbonyl (C=O) groups excluding carboxylic acids is 4. The molecule has 8 nitrogen and oxygen atoms in total. The summed E-state index contributed by atoms with van der Waals surface area (Å²) >= 11 is -1.84. The molecule has 0 spiro atoms. The summed E-state index contributed by atoms with van der Waals surface area (Å²) in [6.07, 6.45) is 5.88. The minimum atomic E-state index is -1.93. The second kappa shape index (κ2) is 12.1. The van der Waals surface area contributed by atoms with Crippen molar-refractivity contribution in [2.45, 2.75) is 166 Å². The Hall–Kier alpha value is -1.41. The number of hydrogen-bond donors (Lipinski definition) is 2. The van der Waals surface area contributed by atoms with Gasteiger partial charge in [0.25, 0.3) is 0 Å². The number of rotatable bonds is 6. The van der Waals surface area contributed by atoms with E-state index in [1.54, 1.807) is 12.2 Å². The SMILES string of the molecule is CC(=O)C1(O)CCC2C3CCC4=CC(=O)CCC4(C)C3(F)C(O[I-]OC3CC4(C)C(CCC4(O)C(C)=O)C4CCC5=CC(=O)CCC5(C)C34F)CC21C. The van der Waals surface area contributed by atoms with Gasteiger partial charge in [-0.05, 0) is 0 Å². The topological polar surface area (TPSA) is 127 Å². The van der Waals surface area contributed by atoms with Crippen LogP contribution in [0.2, 0.25) is 0 Å². The van der Waals surface area contributed by atoms with Crippen LogP contribution in [0.15, 0.2) is 23.3 Å². The van der Waals surface area contributed by atoms with Crippen molar-refractivity contribution in [3.8, 4) is 0 Å². The maximum absolute atomic E-state index is 18.8. The second-order valence-corrected chi connectivity index (χ2v) is 20.7. The van der Waals surface area contributed by atoms with Gasteiger partial charge in [-0.3, -0.25) is 0 Å². The van der Waals surface area contributed by atoms with Gasteiger partial charge >= 0.3 is 324 Å². The van der Waals surface area contributed by atoms with Crippen molar-refractivity contribution in [2.24, 2.45) is 45.3 Å². The quantitative estimate of drug-likeness (QED) is 0.387. The van der Waals surface area contributed by atoms with Crippen molar-refractivity contribution in [3.63, 3.8) is 0 Å². The van der Waals surface area contributed by atoms with E-state index >= 15 is 8.78 Å². The van der Waals surface area contributed by atoms with Crippen molar-refractivity contribution < 1.29 is 66.3 Å². The first-order chi connectivity index (χ1) is 24.7. The first-order valence-electron chi connectivity index (χ1n) is 20.0. The summed E-state index contributed by atoms with van der Waals surface area (Å²) in [6, 6.07) is 0. The van der Waals surface area contributed by atoms with Crippen LogP contribution in [0.1, 0.15) is 131 Å². The monoisotopic (exact) mass is 853 g/mol. The Bertz CT molecular complexity index is 1610. The Kier molecular flexibility index (Phi) is 8.75. The Labute approximate surface area is 323 Å². The standard InChI is InChI=1S/C42H56F2IO8/c1-23(46)39(50)17-13-29-31-9-7-25-19-27(48)11-15-35(25,3)41(31,43)33(21-37(29,39)5)52-45-53-34-22-38(6)30(14-18-40(38,51)24(2)47)32-10-8-26-20-28(49)12-16-36(26,4)42(32,34)44/h19-20,29-34,50-51H,7-18,21-22H2,1-6H3/q-1. The molecule has 14 unspecified atom stereocenters. The van der Waals surface area contributed by atoms with Crippen LogP contribution in [0, 0.1) is 45.3 Å². The number of aliphatic hydroxyl groups is 2. The molecule has 294 valence electrons. The van der Waals surface area contributed by atoms with Gasteiger partial charge in [0.15, 0.2) is 0 Å². The molecule has 0 saturated heterocycles. The molecule has 53 heavy (non-hydrogen) atoms. The number of ketones is 4. The number of alkyl halides is 2. The van der Waals surface area contributed by atoms with Gasteiger partial charge < -0.3 is 0 Å². The summed E-state index contributed by atoms with van der Waals surface area (Å²) in [5, 5.41) is 23.9. The van der Waals surface area contributed by atoms with E-state index in [9.17, 15) is 29.4 Å². The number of Topliss-reactive ketones (excluding diaryl/α,β-unsaturated/α-hetero) is 2. The van der Waals surface area contributed by atoms with E-state index in [1.165, 1.54) is 13.8 Å². The van der Waals surface area contributed by atoms with Gasteiger partial charge in [-0.1, -0.05) is 0 Å². The van der Waals surface area contributed by atoms with Gasteiger partial charge in [0.2, 0.25) is 0 Å². The van der Waals surface area contributed by atoms with Crippen LogP contribution < -0.4 is 22.0 Å². The molecule has 0 radical (unpaired) electrons. The summed E-state index contributed by atoms with van der Waals surface area (Å²) in [7, 11) is 0. The molecule has 8 aliphatic rings. The van der Waals surface area contributed by atoms with Crippen molar-refractivity contribution >= 4 is 23.1 Å². The zero-order valence-corrected chi connectivity index (χ0v) is 34.2. The second-order valence-electron chi connectivity index (χ2n) is 19.3. The fourth-order valence-electron chi connectivity index (χ4n) is 14.5. The fraction of sp³-hybridized carbons (Fsp3) is 0.810. The number of carbonyl (C=O) groups is 4. The van der Waals surface area contributed by atoms with Crippen LogP contribution in [-0.2, 0) is 25.3 Å². The normalized spacial score (nSPS) is 53.0. The Morgan fingerprint density at radius 3 is 1.38 bits per heavy atom. The van der Waals surface area contributed by atoms with Crippen LogP contribution in [0.4, 0.5) is 8.78 Å². The zero-order valence-electron chi connectivity index (χ0n) is 32.0. The average Bonchev–Trinajstić information content (AvgIpc) is 3.52. The zero-order chi connectivity index (χ0) is 38.4. The summed E-state index contributed by atoms with van der Waals surface area (Å²) < 4.78 is 51.0. The molecular weight excluding hydrogens is 797 g/mol. The minimum absolute atomic E-state index is 0.0108. The van der Waals surface area contributed by atoms with Gasteiger partial charge in [0, 0.05) is 0 Å². The summed E-state index contributed by atoms with van der Waals surface area (Å²) in [5.74, 6) is -2.29. The molecule has 11 heteroatoms. The van der Waals surface area contributed by atoms with E-state index in [0.717, 1.165) is 11.1 Å². The summed E-state index contributed by atoms with van der Waals surface area (Å²) in [4.78, 5) is 51.5. The van der Waals surface area contributed by atoms with Crippen molar-refractivity contribution in [2.75, 3.05) is 0 Å². The predicted octanol–water partition coefficient (Wildman–Crippen LogP) is 3.78. The van der Waals surface area contributed by atoms with E-state index in [2.05, 4.69) is 0 Å². The summed E-state index contributed by atoms with van der Waals surface area (Å²) in [6.45, 7) is 10.4. The molecule has 0 bridgehead atoms. The maximum atomic E-state index is 18.8. The van der Waals surface area contributed by atoms with E-state index < -0.39 is 90.3 Å². The number of hydrogen-bond acceptors (Lipinski definition) is 8. The number of halogens is 3. The summed E-state index contributed by atoms with van der Waals surface area (Å²) in [5.41, 5.74) is -9.48. The molecule has 6 fully saturated rings. The van der Waals surface area contributed by atoms with Gasteiger partial charge in [-0.25, -0.2) is 0 Å². The van der Waals surface area contributed by atoms with E-state index in [0.29, 0.717) is 51.4 Å². The van der Waals surface area contributed by atoms with Crippen molar-refractivity contribution in [3.05, 3.63) is 23.3 Å². The van der Waals surface area contributed by atoms with E-state index in [-0.39, 0.29) is 73.5 Å². The molecule has 0 heterocycles. The first kappa shape index (κ1) is 38.5. The molecule has 8 rings (SSSR count). The van der Waals surface area contributed by atoms with Crippen LogP contribution in [0.25, 0.3) is 0 Å². The first-order valence-corrected chi connectivity index (χ1v) is 21.7. The molecule has 0 aromatic carbocycles. The van der Waals surface area contributed by atoms with Crippen molar-refractivity contribution in [1.82, 2.24) is 0 Å². The molecule has 14 atom stereocenters. The van der Waals surface area contributed by atoms with Gasteiger partial charge in [0.1, 0.15) is 0 Å². The number of allylic oxidation sites excluding steroid dienone is 2. The van der Waals surface area contributed by atoms with Gasteiger partial charge in [-0.15, -0.1) is 0 Å². The Morgan fingerprint density at radius 1 is 0.642 bits per heavy atom. The molecule has 8 aliphatic carbocycles. The Balaban J connectivity index is 1.17. The third kappa shape index (κ3) is 4.63. The molecule has 6 saturated carbocycles. The number of fused-ring (bicyclic) bond motifs is 10. The Morgan fingerprint density at radius 2 is 1.02 bits per heavy atom. The molecule has 0 amide bonds. The molecule has 2 N–H and O–H groups in total. The van der Waals surface area contributed by atoms with E-state index in [4.69, 9.17) is 6.13 Å². The van der Waals surface area contributed by atoms with Crippen LogP contribution in [0.3, 0.4) is 0 Å². The average molecular weight is 854 g/mol.